The highest BCUT2D eigenvalue weighted by Crippen LogP contribution is 2.20. The number of thiophene rings is 1. The zero-order chi connectivity index (χ0) is 12.6. The molecular formula is C15H25NOS. The Morgan fingerprint density at radius 3 is 2.44 bits per heavy atom. The van der Waals surface area contributed by atoms with Gasteiger partial charge in [0.05, 0.1) is 13.2 Å². The van der Waals surface area contributed by atoms with Gasteiger partial charge in [0.15, 0.2) is 0 Å². The van der Waals surface area contributed by atoms with Gasteiger partial charge in [0.2, 0.25) is 0 Å². The van der Waals surface area contributed by atoms with Gasteiger partial charge in [0.1, 0.15) is 0 Å². The van der Waals surface area contributed by atoms with E-state index in [1.54, 1.807) is 9.75 Å². The summed E-state index contributed by atoms with van der Waals surface area (Å²) in [5.41, 5.74) is 0. The van der Waals surface area contributed by atoms with Crippen LogP contribution in [0.25, 0.3) is 0 Å². The molecule has 1 aliphatic heterocycles. The third-order valence-corrected chi connectivity index (χ3v) is 4.70. The van der Waals surface area contributed by atoms with Crippen LogP contribution in [0.3, 0.4) is 0 Å². The summed E-state index contributed by atoms with van der Waals surface area (Å²) in [6.45, 7) is 7.56. The highest BCUT2D eigenvalue weighted by atomic mass is 32.1. The predicted molar refractivity (Wildman–Crippen MR) is 78.5 cm³/mol. The van der Waals surface area contributed by atoms with Crippen molar-refractivity contribution < 1.29 is 4.74 Å². The van der Waals surface area contributed by atoms with Crippen molar-refractivity contribution in [3.63, 3.8) is 0 Å². The second-order valence-electron chi connectivity index (χ2n) is 5.03. The van der Waals surface area contributed by atoms with Crippen LogP contribution in [0.4, 0.5) is 0 Å². The van der Waals surface area contributed by atoms with Gasteiger partial charge >= 0.3 is 0 Å². The smallest absolute Gasteiger partial charge is 0.0594 e. The minimum absolute atomic E-state index is 0.917. The maximum Gasteiger partial charge on any atom is 0.0594 e. The molecule has 1 fully saturated rings. The molecule has 1 saturated heterocycles. The molecule has 0 atom stereocenters. The molecule has 3 heteroatoms. The molecule has 0 amide bonds. The molecule has 0 bridgehead atoms. The van der Waals surface area contributed by atoms with Crippen LogP contribution in [0.15, 0.2) is 12.1 Å². The Labute approximate surface area is 115 Å². The molecule has 0 aliphatic carbocycles. The van der Waals surface area contributed by atoms with E-state index in [0.29, 0.717) is 0 Å². The average molecular weight is 267 g/mol. The zero-order valence-electron chi connectivity index (χ0n) is 11.5. The number of rotatable bonds is 7. The molecule has 0 saturated carbocycles. The fourth-order valence-corrected chi connectivity index (χ4v) is 3.45. The van der Waals surface area contributed by atoms with Gasteiger partial charge in [-0.1, -0.05) is 13.3 Å². The Hall–Kier alpha value is -0.380. The standard InChI is InChI=1S/C15H25NOS/c1-2-3-5-14-7-8-15(18-14)6-4-9-16-10-12-17-13-11-16/h7-8H,2-6,9-13H2,1H3. The Morgan fingerprint density at radius 1 is 1.11 bits per heavy atom. The number of morpholine rings is 1. The molecule has 102 valence electrons. The van der Waals surface area contributed by atoms with Crippen molar-refractivity contribution in [2.75, 3.05) is 32.8 Å². The van der Waals surface area contributed by atoms with Crippen molar-refractivity contribution in [1.29, 1.82) is 0 Å². The largest absolute Gasteiger partial charge is 0.379 e. The second-order valence-corrected chi connectivity index (χ2v) is 6.28. The zero-order valence-corrected chi connectivity index (χ0v) is 12.3. The Bertz CT molecular complexity index is 331. The lowest BCUT2D eigenvalue weighted by Gasteiger charge is -2.26. The van der Waals surface area contributed by atoms with Crippen LogP contribution in [0, 0.1) is 0 Å². The first-order valence-electron chi connectivity index (χ1n) is 7.26. The second kappa shape index (κ2) is 7.93. The molecule has 18 heavy (non-hydrogen) atoms. The van der Waals surface area contributed by atoms with Crippen LogP contribution in [0.2, 0.25) is 0 Å². The molecule has 0 unspecified atom stereocenters. The highest BCUT2D eigenvalue weighted by molar-refractivity contribution is 7.11. The number of ether oxygens (including phenoxy) is 1. The van der Waals surface area contributed by atoms with Crippen molar-refractivity contribution in [2.45, 2.75) is 39.0 Å². The number of hydrogen-bond acceptors (Lipinski definition) is 3. The van der Waals surface area contributed by atoms with Gasteiger partial charge in [-0.15, -0.1) is 11.3 Å². The lowest BCUT2D eigenvalue weighted by atomic mass is 10.2. The van der Waals surface area contributed by atoms with E-state index in [9.17, 15) is 0 Å². The Kier molecular flexibility index (Phi) is 6.18. The fourth-order valence-electron chi connectivity index (χ4n) is 2.34. The molecule has 0 aromatic carbocycles. The van der Waals surface area contributed by atoms with E-state index >= 15 is 0 Å². The summed E-state index contributed by atoms with van der Waals surface area (Å²) in [5, 5.41) is 0. The quantitative estimate of drug-likeness (QED) is 0.751. The van der Waals surface area contributed by atoms with E-state index in [-0.39, 0.29) is 0 Å². The number of hydrogen-bond donors (Lipinski definition) is 0. The maximum atomic E-state index is 5.37. The minimum atomic E-state index is 0.917. The minimum Gasteiger partial charge on any atom is -0.379 e. The number of nitrogens with zero attached hydrogens (tertiary/aromatic N) is 1. The number of unbranched alkanes of at least 4 members (excludes halogenated alkanes) is 1. The predicted octanol–water partition coefficient (Wildman–Crippen LogP) is 3.36. The fraction of sp³-hybridized carbons (Fsp3) is 0.733. The van der Waals surface area contributed by atoms with Crippen molar-refractivity contribution in [1.82, 2.24) is 4.90 Å². The summed E-state index contributed by atoms with van der Waals surface area (Å²) in [4.78, 5) is 5.65. The van der Waals surface area contributed by atoms with E-state index in [4.69, 9.17) is 4.74 Å². The van der Waals surface area contributed by atoms with Crippen molar-refractivity contribution >= 4 is 11.3 Å². The van der Waals surface area contributed by atoms with Crippen LogP contribution in [0.5, 0.6) is 0 Å². The lowest BCUT2D eigenvalue weighted by molar-refractivity contribution is 0.0375. The van der Waals surface area contributed by atoms with Gasteiger partial charge in [0, 0.05) is 22.8 Å². The average Bonchev–Trinajstić information content (AvgIpc) is 2.85. The summed E-state index contributed by atoms with van der Waals surface area (Å²) in [5.74, 6) is 0. The Balaban J connectivity index is 1.64. The van der Waals surface area contributed by atoms with Crippen LogP contribution >= 0.6 is 11.3 Å². The third-order valence-electron chi connectivity index (χ3n) is 3.50. The molecule has 0 spiro atoms. The molecule has 1 aromatic heterocycles. The van der Waals surface area contributed by atoms with E-state index in [1.165, 1.54) is 38.6 Å². The summed E-state index contributed by atoms with van der Waals surface area (Å²) in [7, 11) is 0. The van der Waals surface area contributed by atoms with E-state index in [2.05, 4.69) is 24.0 Å². The first kappa shape index (κ1) is 14.0. The van der Waals surface area contributed by atoms with E-state index in [0.717, 1.165) is 26.3 Å². The first-order valence-corrected chi connectivity index (χ1v) is 8.08. The SMILES string of the molecule is CCCCc1ccc(CCCN2CCOCC2)s1. The molecule has 2 heterocycles. The van der Waals surface area contributed by atoms with Gasteiger partial charge < -0.3 is 4.74 Å². The molecule has 1 aliphatic rings. The van der Waals surface area contributed by atoms with Crippen molar-refractivity contribution in [2.24, 2.45) is 0 Å². The topological polar surface area (TPSA) is 12.5 Å². The first-order chi connectivity index (χ1) is 8.88. The number of aryl methyl sites for hydroxylation is 2. The van der Waals surface area contributed by atoms with Gasteiger partial charge in [-0.25, -0.2) is 0 Å². The van der Waals surface area contributed by atoms with Gasteiger partial charge in [-0.2, -0.15) is 0 Å². The molecule has 1 aromatic rings. The normalized spacial score (nSPS) is 17.2. The van der Waals surface area contributed by atoms with Gasteiger partial charge in [0.25, 0.3) is 0 Å². The monoisotopic (exact) mass is 267 g/mol. The summed E-state index contributed by atoms with van der Waals surface area (Å²) in [6.07, 6.45) is 6.42. The maximum absolute atomic E-state index is 5.37. The highest BCUT2D eigenvalue weighted by Gasteiger charge is 2.09. The third kappa shape index (κ3) is 4.71. The van der Waals surface area contributed by atoms with Crippen LogP contribution in [0.1, 0.15) is 35.9 Å². The molecule has 2 rings (SSSR count). The molecular weight excluding hydrogens is 242 g/mol. The van der Waals surface area contributed by atoms with Gasteiger partial charge in [-0.3, -0.25) is 4.90 Å². The van der Waals surface area contributed by atoms with Crippen molar-refractivity contribution in [3.8, 4) is 0 Å². The summed E-state index contributed by atoms with van der Waals surface area (Å²) < 4.78 is 5.37. The molecule has 2 nitrogen and oxygen atoms in total. The summed E-state index contributed by atoms with van der Waals surface area (Å²) in [6, 6.07) is 4.65. The molecule has 0 radical (unpaired) electrons. The van der Waals surface area contributed by atoms with Gasteiger partial charge in [-0.05, 0) is 44.4 Å². The van der Waals surface area contributed by atoms with Crippen LogP contribution in [-0.2, 0) is 17.6 Å². The molecule has 0 N–H and O–H groups in total. The van der Waals surface area contributed by atoms with Crippen molar-refractivity contribution in [3.05, 3.63) is 21.9 Å². The van der Waals surface area contributed by atoms with E-state index in [1.807, 2.05) is 11.3 Å². The van der Waals surface area contributed by atoms with Crippen LogP contribution in [-0.4, -0.2) is 37.7 Å². The Morgan fingerprint density at radius 2 is 1.78 bits per heavy atom. The summed E-state index contributed by atoms with van der Waals surface area (Å²) >= 11 is 2.02. The lowest BCUT2D eigenvalue weighted by Crippen LogP contribution is -2.36. The van der Waals surface area contributed by atoms with E-state index < -0.39 is 0 Å². The van der Waals surface area contributed by atoms with Crippen LogP contribution < -0.4 is 0 Å².